The van der Waals surface area contributed by atoms with Crippen molar-refractivity contribution >= 4 is 17.5 Å². The first-order valence-corrected chi connectivity index (χ1v) is 8.34. The molecule has 2 aromatic rings. The summed E-state index contributed by atoms with van der Waals surface area (Å²) >= 11 is 0. The van der Waals surface area contributed by atoms with Crippen molar-refractivity contribution in [2.45, 2.75) is 20.4 Å². The predicted octanol–water partition coefficient (Wildman–Crippen LogP) is 3.12. The average Bonchev–Trinajstić information content (AvgIpc) is 2.67. The number of halogens is 1. The summed E-state index contributed by atoms with van der Waals surface area (Å²) in [6.45, 7) is 3.24. The lowest BCUT2D eigenvalue weighted by atomic mass is 9.90. The summed E-state index contributed by atoms with van der Waals surface area (Å²) in [5, 5.41) is 5.41. The van der Waals surface area contributed by atoms with Crippen LogP contribution in [0.2, 0.25) is 0 Å². The Bertz CT molecular complexity index is 819. The molecular weight excluding hydrogens is 351 g/mol. The topological polar surface area (TPSA) is 76.7 Å². The van der Waals surface area contributed by atoms with Crippen molar-refractivity contribution in [3.63, 3.8) is 0 Å². The van der Waals surface area contributed by atoms with Crippen LogP contribution in [0, 0.1) is 11.2 Å². The first kappa shape index (κ1) is 20.2. The maximum atomic E-state index is 12.9. The van der Waals surface area contributed by atoms with Crippen molar-refractivity contribution in [3.8, 4) is 11.5 Å². The van der Waals surface area contributed by atoms with Gasteiger partial charge in [-0.1, -0.05) is 12.1 Å². The molecule has 0 aliphatic heterocycles. The molecule has 2 amide bonds. The molecule has 0 unspecified atom stereocenters. The van der Waals surface area contributed by atoms with Crippen LogP contribution in [0.4, 0.5) is 10.1 Å². The smallest absolute Gasteiger partial charge is 0.239 e. The van der Waals surface area contributed by atoms with E-state index in [9.17, 15) is 14.0 Å². The van der Waals surface area contributed by atoms with Gasteiger partial charge in [0.25, 0.3) is 0 Å². The van der Waals surface area contributed by atoms with Crippen molar-refractivity contribution in [1.29, 1.82) is 0 Å². The molecule has 0 radical (unpaired) electrons. The molecule has 27 heavy (non-hydrogen) atoms. The lowest BCUT2D eigenvalue weighted by Crippen LogP contribution is -2.44. The summed E-state index contributed by atoms with van der Waals surface area (Å²) in [6, 6.07) is 10.8. The van der Waals surface area contributed by atoms with E-state index in [2.05, 4.69) is 10.6 Å². The number of rotatable bonds is 7. The molecule has 0 fully saturated rings. The number of anilines is 1. The minimum atomic E-state index is -1.34. The highest BCUT2D eigenvalue weighted by Crippen LogP contribution is 2.30. The lowest BCUT2D eigenvalue weighted by Gasteiger charge is -2.23. The van der Waals surface area contributed by atoms with Gasteiger partial charge in [-0.2, -0.15) is 0 Å². The lowest BCUT2D eigenvalue weighted by molar-refractivity contribution is -0.138. The fraction of sp³-hybridized carbons (Fsp3) is 0.300. The predicted molar refractivity (Wildman–Crippen MR) is 100 cm³/mol. The fourth-order valence-electron chi connectivity index (χ4n) is 2.30. The standard InChI is InChI=1S/C20H23FN2O4/c1-20(2,18(24)22-12-13-5-7-14(21)8-6-13)19(25)23-16-11-15(26-3)9-10-17(16)27-4/h5-11H,12H2,1-4H3,(H,22,24)(H,23,25). The first-order valence-electron chi connectivity index (χ1n) is 8.34. The highest BCUT2D eigenvalue weighted by atomic mass is 19.1. The number of carbonyl (C=O) groups excluding carboxylic acids is 2. The van der Waals surface area contributed by atoms with E-state index in [1.54, 1.807) is 30.3 Å². The average molecular weight is 374 g/mol. The summed E-state index contributed by atoms with van der Waals surface area (Å²) in [6.07, 6.45) is 0. The number of benzene rings is 2. The normalized spacial score (nSPS) is 10.9. The van der Waals surface area contributed by atoms with Crippen LogP contribution in [0.25, 0.3) is 0 Å². The third-order valence-electron chi connectivity index (χ3n) is 4.16. The third-order valence-corrected chi connectivity index (χ3v) is 4.16. The van der Waals surface area contributed by atoms with E-state index < -0.39 is 17.2 Å². The molecule has 0 bridgehead atoms. The molecule has 144 valence electrons. The number of nitrogens with one attached hydrogen (secondary N) is 2. The number of carbonyl (C=O) groups is 2. The van der Waals surface area contributed by atoms with Crippen molar-refractivity contribution < 1.29 is 23.5 Å². The van der Waals surface area contributed by atoms with Crippen LogP contribution < -0.4 is 20.1 Å². The van der Waals surface area contributed by atoms with Gasteiger partial charge in [0.15, 0.2) is 0 Å². The SMILES string of the molecule is COc1ccc(OC)c(NC(=O)C(C)(C)C(=O)NCc2ccc(F)cc2)c1. The molecule has 0 aromatic heterocycles. The molecule has 0 saturated heterocycles. The summed E-state index contributed by atoms with van der Waals surface area (Å²) < 4.78 is 23.3. The molecule has 0 aliphatic carbocycles. The highest BCUT2D eigenvalue weighted by Gasteiger charge is 2.36. The monoisotopic (exact) mass is 374 g/mol. The minimum absolute atomic E-state index is 0.193. The van der Waals surface area contributed by atoms with E-state index in [4.69, 9.17) is 9.47 Å². The van der Waals surface area contributed by atoms with Gasteiger partial charge >= 0.3 is 0 Å². The summed E-state index contributed by atoms with van der Waals surface area (Å²) in [7, 11) is 3.00. The van der Waals surface area contributed by atoms with E-state index >= 15 is 0 Å². The van der Waals surface area contributed by atoms with Gasteiger partial charge in [0.2, 0.25) is 11.8 Å². The maximum Gasteiger partial charge on any atom is 0.239 e. The molecule has 2 N–H and O–H groups in total. The summed E-state index contributed by atoms with van der Waals surface area (Å²) in [5.74, 6) is -0.301. The van der Waals surface area contributed by atoms with Crippen molar-refractivity contribution in [2.75, 3.05) is 19.5 Å². The Balaban J connectivity index is 2.07. The molecule has 0 heterocycles. The second kappa shape index (κ2) is 8.53. The molecule has 2 aromatic carbocycles. The van der Waals surface area contributed by atoms with Crippen LogP contribution in [0.3, 0.4) is 0 Å². The maximum absolute atomic E-state index is 12.9. The number of amides is 2. The van der Waals surface area contributed by atoms with Crippen molar-refractivity contribution in [1.82, 2.24) is 5.32 Å². The van der Waals surface area contributed by atoms with Gasteiger partial charge in [-0.25, -0.2) is 4.39 Å². The van der Waals surface area contributed by atoms with E-state index in [1.165, 1.54) is 40.2 Å². The van der Waals surface area contributed by atoms with Crippen LogP contribution in [0.1, 0.15) is 19.4 Å². The molecule has 7 heteroatoms. The zero-order valence-corrected chi connectivity index (χ0v) is 15.8. The molecule has 2 rings (SSSR count). The van der Waals surface area contributed by atoms with Crippen molar-refractivity contribution in [2.24, 2.45) is 5.41 Å². The summed E-state index contributed by atoms with van der Waals surface area (Å²) in [5.41, 5.74) is -0.203. The molecule has 6 nitrogen and oxygen atoms in total. The number of hydrogen-bond donors (Lipinski definition) is 2. The molecule has 0 atom stereocenters. The van der Waals surface area contributed by atoms with Crippen LogP contribution in [-0.4, -0.2) is 26.0 Å². The molecule has 0 aliphatic rings. The zero-order chi connectivity index (χ0) is 20.0. The molecule has 0 spiro atoms. The second-order valence-corrected chi connectivity index (χ2v) is 6.45. The van der Waals surface area contributed by atoms with Gasteiger partial charge in [-0.05, 0) is 43.7 Å². The minimum Gasteiger partial charge on any atom is -0.497 e. The van der Waals surface area contributed by atoms with Gasteiger partial charge in [-0.3, -0.25) is 9.59 Å². The Hall–Kier alpha value is -3.09. The Kier molecular flexibility index (Phi) is 6.39. The Labute approximate surface area is 157 Å². The van der Waals surface area contributed by atoms with E-state index in [1.807, 2.05) is 0 Å². The van der Waals surface area contributed by atoms with Gasteiger partial charge in [0, 0.05) is 12.6 Å². The van der Waals surface area contributed by atoms with Gasteiger partial charge in [0.1, 0.15) is 22.7 Å². The quantitative estimate of drug-likeness (QED) is 0.730. The van der Waals surface area contributed by atoms with Crippen LogP contribution in [0.15, 0.2) is 42.5 Å². The Morgan fingerprint density at radius 1 is 1.00 bits per heavy atom. The van der Waals surface area contributed by atoms with Gasteiger partial charge in [0.05, 0.1) is 19.9 Å². The first-order chi connectivity index (χ1) is 12.8. The van der Waals surface area contributed by atoms with Crippen LogP contribution in [-0.2, 0) is 16.1 Å². The second-order valence-electron chi connectivity index (χ2n) is 6.45. The van der Waals surface area contributed by atoms with Crippen LogP contribution >= 0.6 is 0 Å². The van der Waals surface area contributed by atoms with E-state index in [0.29, 0.717) is 17.2 Å². The van der Waals surface area contributed by atoms with Gasteiger partial charge in [-0.15, -0.1) is 0 Å². The molecule has 0 saturated carbocycles. The van der Waals surface area contributed by atoms with E-state index in [0.717, 1.165) is 5.56 Å². The summed E-state index contributed by atoms with van der Waals surface area (Å²) in [4.78, 5) is 25.2. The zero-order valence-electron chi connectivity index (χ0n) is 15.8. The number of ether oxygens (including phenoxy) is 2. The number of methoxy groups -OCH3 is 2. The third kappa shape index (κ3) is 4.97. The molecular formula is C20H23FN2O4. The largest absolute Gasteiger partial charge is 0.497 e. The number of hydrogen-bond acceptors (Lipinski definition) is 4. The fourth-order valence-corrected chi connectivity index (χ4v) is 2.30. The van der Waals surface area contributed by atoms with Gasteiger partial charge < -0.3 is 20.1 Å². The van der Waals surface area contributed by atoms with Crippen LogP contribution in [0.5, 0.6) is 11.5 Å². The Morgan fingerprint density at radius 3 is 2.26 bits per heavy atom. The van der Waals surface area contributed by atoms with Crippen molar-refractivity contribution in [3.05, 3.63) is 53.8 Å². The Morgan fingerprint density at radius 2 is 1.67 bits per heavy atom. The highest BCUT2D eigenvalue weighted by molar-refractivity contribution is 6.10. The van der Waals surface area contributed by atoms with E-state index in [-0.39, 0.29) is 12.4 Å².